The molecule has 1 amide bonds. The molecule has 7 nitrogen and oxygen atoms in total. The largest absolute Gasteiger partial charge is 0.497 e. The predicted octanol–water partition coefficient (Wildman–Crippen LogP) is 5.99. The molecule has 1 atom stereocenters. The highest BCUT2D eigenvalue weighted by Gasteiger charge is 2.41. The molecule has 0 aromatic heterocycles. The molecule has 2 aromatic carbocycles. The number of amidine groups is 1. The van der Waals surface area contributed by atoms with E-state index in [0.717, 1.165) is 11.3 Å². The van der Waals surface area contributed by atoms with Crippen LogP contribution in [-0.2, 0) is 20.0 Å². The molecule has 0 fully saturated rings. The van der Waals surface area contributed by atoms with Crippen molar-refractivity contribution in [2.45, 2.75) is 32.6 Å². The monoisotopic (exact) mass is 502 g/mol. The summed E-state index contributed by atoms with van der Waals surface area (Å²) in [6.45, 7) is 5.56. The third-order valence-corrected chi connectivity index (χ3v) is 6.30. The molecule has 0 saturated carbocycles. The smallest absolute Gasteiger partial charge is 0.416 e. The second-order valence-electron chi connectivity index (χ2n) is 7.28. The number of rotatable bonds is 7. The zero-order valence-electron chi connectivity index (χ0n) is 19.5. The molecule has 1 aliphatic heterocycles. The third-order valence-electron chi connectivity index (χ3n) is 5.04. The number of amides is 1. The first kappa shape index (κ1) is 25.6. The summed E-state index contributed by atoms with van der Waals surface area (Å²) in [5.74, 6) is 0.765. The third kappa shape index (κ3) is 5.93. The summed E-state index contributed by atoms with van der Waals surface area (Å²) in [5.41, 5.74) is 2.42. The van der Waals surface area contributed by atoms with Gasteiger partial charge in [0.15, 0.2) is 5.17 Å². The van der Waals surface area contributed by atoms with Crippen LogP contribution in [0.1, 0.15) is 37.9 Å². The number of thioether (sulfide) groups is 1. The number of nitrogens with zero attached hydrogens (tertiary/aromatic N) is 2. The summed E-state index contributed by atoms with van der Waals surface area (Å²) in [6.07, 6.45) is -0.609. The van der Waals surface area contributed by atoms with Crippen molar-refractivity contribution in [1.29, 1.82) is 0 Å². The Morgan fingerprint density at radius 2 is 1.79 bits per heavy atom. The summed E-state index contributed by atoms with van der Waals surface area (Å²) in [6, 6.07) is 13.9. The summed E-state index contributed by atoms with van der Waals surface area (Å²) in [4.78, 5) is 32.2. The molecule has 0 bridgehead atoms. The lowest BCUT2D eigenvalue weighted by Crippen LogP contribution is -2.43. The van der Waals surface area contributed by atoms with Gasteiger partial charge in [0.25, 0.3) is 0 Å². The van der Waals surface area contributed by atoms with E-state index in [1.165, 1.54) is 16.7 Å². The second-order valence-corrected chi connectivity index (χ2v) is 8.66. The molecule has 34 heavy (non-hydrogen) atoms. The quantitative estimate of drug-likeness (QED) is 0.433. The van der Waals surface area contributed by atoms with Crippen LogP contribution in [0.15, 0.2) is 64.8 Å². The molecule has 0 radical (unpaired) electrons. The fourth-order valence-electron chi connectivity index (χ4n) is 3.50. The fourth-order valence-corrected chi connectivity index (χ4v) is 4.71. The van der Waals surface area contributed by atoms with Crippen molar-refractivity contribution in [3.8, 4) is 5.75 Å². The highest BCUT2D eigenvalue weighted by Crippen LogP contribution is 2.39. The van der Waals surface area contributed by atoms with Crippen LogP contribution >= 0.6 is 23.4 Å². The average molecular weight is 503 g/mol. The Balaban J connectivity index is 2.06. The lowest BCUT2D eigenvalue weighted by atomic mass is 9.95. The van der Waals surface area contributed by atoms with Crippen LogP contribution in [0.5, 0.6) is 5.75 Å². The minimum atomic E-state index is -0.798. The van der Waals surface area contributed by atoms with E-state index in [-0.39, 0.29) is 18.8 Å². The number of carbonyl (C=O) groups excluding carboxylic acids is 2. The number of halogens is 1. The van der Waals surface area contributed by atoms with Gasteiger partial charge in [0, 0.05) is 10.8 Å². The Morgan fingerprint density at radius 3 is 2.41 bits per heavy atom. The molecule has 2 aromatic rings. The number of benzene rings is 2. The van der Waals surface area contributed by atoms with Crippen molar-refractivity contribution in [2.75, 3.05) is 20.3 Å². The molecule has 180 valence electrons. The standard InChI is InChI=1S/C25H27ClN2O5S/c1-5-32-23(29)21-16(3)27-24(34-15-17-10-12-20(31-4)13-11-17)28(25(30)33-6-2)22(21)18-8-7-9-19(26)14-18/h7-14,22H,5-6,15H2,1-4H3. The average Bonchev–Trinajstić information content (AvgIpc) is 2.82. The van der Waals surface area contributed by atoms with Crippen molar-refractivity contribution in [1.82, 2.24) is 4.90 Å². The van der Waals surface area contributed by atoms with E-state index in [4.69, 9.17) is 25.8 Å². The summed E-state index contributed by atoms with van der Waals surface area (Å²) >= 11 is 7.64. The normalized spacial score (nSPS) is 15.6. The second kappa shape index (κ2) is 11.9. The maximum atomic E-state index is 13.2. The maximum Gasteiger partial charge on any atom is 0.416 e. The van der Waals surface area contributed by atoms with Crippen molar-refractivity contribution in [3.05, 3.63) is 76.0 Å². The van der Waals surface area contributed by atoms with Crippen LogP contribution in [0, 0.1) is 0 Å². The number of aliphatic imine (C=N–C) groups is 1. The van der Waals surface area contributed by atoms with E-state index in [9.17, 15) is 9.59 Å². The number of esters is 1. The topological polar surface area (TPSA) is 77.4 Å². The van der Waals surface area contributed by atoms with Crippen LogP contribution < -0.4 is 4.74 Å². The van der Waals surface area contributed by atoms with Gasteiger partial charge in [-0.3, -0.25) is 0 Å². The first-order valence-corrected chi connectivity index (χ1v) is 12.2. The van der Waals surface area contributed by atoms with Gasteiger partial charge in [0.2, 0.25) is 0 Å². The van der Waals surface area contributed by atoms with Crippen LogP contribution in [-0.4, -0.2) is 42.5 Å². The predicted molar refractivity (Wildman–Crippen MR) is 134 cm³/mol. The van der Waals surface area contributed by atoms with Gasteiger partial charge in [-0.05, 0) is 56.2 Å². The van der Waals surface area contributed by atoms with E-state index in [1.54, 1.807) is 46.1 Å². The Bertz CT molecular complexity index is 1100. The summed E-state index contributed by atoms with van der Waals surface area (Å²) in [7, 11) is 1.62. The van der Waals surface area contributed by atoms with Gasteiger partial charge in [-0.25, -0.2) is 19.5 Å². The minimum absolute atomic E-state index is 0.172. The number of allylic oxidation sites excluding steroid dienone is 1. The fraction of sp³-hybridized carbons (Fsp3) is 0.320. The maximum absolute atomic E-state index is 13.2. The van der Waals surface area contributed by atoms with Gasteiger partial charge in [-0.15, -0.1) is 0 Å². The Labute approximate surface area is 208 Å². The van der Waals surface area contributed by atoms with Crippen LogP contribution in [0.2, 0.25) is 5.02 Å². The molecule has 0 saturated heterocycles. The molecule has 0 spiro atoms. The summed E-state index contributed by atoms with van der Waals surface area (Å²) < 4.78 is 15.9. The first-order valence-electron chi connectivity index (χ1n) is 10.8. The summed E-state index contributed by atoms with van der Waals surface area (Å²) in [5, 5.41) is 0.905. The van der Waals surface area contributed by atoms with E-state index in [0.29, 0.717) is 27.2 Å². The number of ether oxygens (including phenoxy) is 3. The molecular weight excluding hydrogens is 476 g/mol. The van der Waals surface area contributed by atoms with Crippen molar-refractivity contribution in [3.63, 3.8) is 0 Å². The van der Waals surface area contributed by atoms with Gasteiger partial charge < -0.3 is 14.2 Å². The highest BCUT2D eigenvalue weighted by molar-refractivity contribution is 8.13. The van der Waals surface area contributed by atoms with Gasteiger partial charge >= 0.3 is 12.1 Å². The van der Waals surface area contributed by atoms with Gasteiger partial charge in [-0.1, -0.05) is 47.6 Å². The first-order chi connectivity index (χ1) is 16.4. The molecule has 0 aliphatic carbocycles. The molecule has 9 heteroatoms. The van der Waals surface area contributed by atoms with Gasteiger partial charge in [-0.2, -0.15) is 0 Å². The number of methoxy groups -OCH3 is 1. The molecule has 1 heterocycles. The van der Waals surface area contributed by atoms with Gasteiger partial charge in [0.1, 0.15) is 11.8 Å². The van der Waals surface area contributed by atoms with E-state index < -0.39 is 18.1 Å². The van der Waals surface area contributed by atoms with Crippen molar-refractivity contribution < 1.29 is 23.8 Å². The molecule has 0 N–H and O–H groups in total. The Kier molecular flexibility index (Phi) is 9.01. The zero-order valence-corrected chi connectivity index (χ0v) is 21.1. The van der Waals surface area contributed by atoms with E-state index >= 15 is 0 Å². The van der Waals surface area contributed by atoms with Crippen molar-refractivity contribution >= 4 is 40.6 Å². The van der Waals surface area contributed by atoms with Crippen molar-refractivity contribution in [2.24, 2.45) is 4.99 Å². The number of hydrogen-bond donors (Lipinski definition) is 0. The van der Waals surface area contributed by atoms with Crippen LogP contribution in [0.25, 0.3) is 0 Å². The SMILES string of the molecule is CCOC(=O)C1=C(C)N=C(SCc2ccc(OC)cc2)N(C(=O)OCC)C1c1cccc(Cl)c1. The molecule has 3 rings (SSSR count). The molecule has 1 aliphatic rings. The van der Waals surface area contributed by atoms with Crippen LogP contribution in [0.4, 0.5) is 4.79 Å². The highest BCUT2D eigenvalue weighted by atomic mass is 35.5. The lowest BCUT2D eigenvalue weighted by molar-refractivity contribution is -0.139. The number of carbonyl (C=O) groups is 2. The molecular formula is C25H27ClN2O5S. The van der Waals surface area contributed by atoms with Crippen LogP contribution in [0.3, 0.4) is 0 Å². The lowest BCUT2D eigenvalue weighted by Gasteiger charge is -2.36. The number of hydrogen-bond acceptors (Lipinski definition) is 7. The Hall–Kier alpha value is -2.97. The molecule has 1 unspecified atom stereocenters. The van der Waals surface area contributed by atoms with E-state index in [1.807, 2.05) is 30.3 Å². The van der Waals surface area contributed by atoms with Gasteiger partial charge in [0.05, 0.1) is 31.6 Å². The minimum Gasteiger partial charge on any atom is -0.497 e. The van der Waals surface area contributed by atoms with E-state index in [2.05, 4.69) is 4.99 Å². The Morgan fingerprint density at radius 1 is 1.09 bits per heavy atom. The zero-order chi connectivity index (χ0) is 24.7.